The first-order valence-electron chi connectivity index (χ1n) is 9.07. The summed E-state index contributed by atoms with van der Waals surface area (Å²) in [5.74, 6) is 1.12. The van der Waals surface area contributed by atoms with Crippen molar-refractivity contribution in [3.05, 3.63) is 28.8 Å². The van der Waals surface area contributed by atoms with Gasteiger partial charge in [-0.15, -0.1) is 0 Å². The van der Waals surface area contributed by atoms with Crippen LogP contribution in [0, 0.1) is 6.92 Å². The van der Waals surface area contributed by atoms with Gasteiger partial charge >= 0.3 is 0 Å². The molecule has 1 aromatic carbocycles. The van der Waals surface area contributed by atoms with Crippen LogP contribution in [-0.2, 0) is 0 Å². The topological polar surface area (TPSA) is 49.8 Å². The lowest BCUT2D eigenvalue weighted by atomic mass is 9.95. The van der Waals surface area contributed by atoms with E-state index < -0.39 is 6.10 Å². The average molecular weight is 333 g/mol. The molecule has 1 N–H and O–H groups in total. The number of ketones is 1. The molecule has 1 heterocycles. The number of ether oxygens (including phenoxy) is 1. The van der Waals surface area contributed by atoms with Gasteiger partial charge in [-0.3, -0.25) is 4.79 Å². The zero-order chi connectivity index (χ0) is 17.7. The van der Waals surface area contributed by atoms with E-state index in [0.717, 1.165) is 35.5 Å². The maximum Gasteiger partial charge on any atom is 0.160 e. The number of hydrogen-bond acceptors (Lipinski definition) is 4. The van der Waals surface area contributed by atoms with E-state index in [9.17, 15) is 9.90 Å². The molecule has 0 aliphatic carbocycles. The summed E-state index contributed by atoms with van der Waals surface area (Å²) < 4.78 is 5.93. The third-order valence-corrected chi connectivity index (χ3v) is 4.71. The van der Waals surface area contributed by atoms with Crippen LogP contribution in [0.3, 0.4) is 0 Å². The summed E-state index contributed by atoms with van der Waals surface area (Å²) in [7, 11) is 0. The van der Waals surface area contributed by atoms with E-state index in [1.54, 1.807) is 6.92 Å². The quantitative estimate of drug-likeness (QED) is 0.775. The number of hydrogen-bond donors (Lipinski definition) is 1. The van der Waals surface area contributed by atoms with E-state index in [1.165, 1.54) is 19.3 Å². The molecular weight excluding hydrogens is 302 g/mol. The van der Waals surface area contributed by atoms with Crippen molar-refractivity contribution in [1.82, 2.24) is 4.90 Å². The maximum absolute atomic E-state index is 11.8. The number of aryl methyl sites for hydroxylation is 1. The summed E-state index contributed by atoms with van der Waals surface area (Å²) in [6, 6.07) is 3.87. The number of nitrogens with zero attached hydrogens (tertiary/aromatic N) is 1. The lowest BCUT2D eigenvalue weighted by molar-refractivity contribution is 0.0613. The van der Waals surface area contributed by atoms with Crippen molar-refractivity contribution in [2.75, 3.05) is 26.2 Å². The van der Waals surface area contributed by atoms with Gasteiger partial charge in [0.25, 0.3) is 0 Å². The van der Waals surface area contributed by atoms with Crippen LogP contribution < -0.4 is 4.74 Å². The largest absolute Gasteiger partial charge is 0.491 e. The molecule has 4 heteroatoms. The van der Waals surface area contributed by atoms with Gasteiger partial charge in [0, 0.05) is 12.1 Å². The smallest absolute Gasteiger partial charge is 0.160 e. The van der Waals surface area contributed by atoms with Gasteiger partial charge in [-0.1, -0.05) is 20.3 Å². The van der Waals surface area contributed by atoms with Crippen LogP contribution in [-0.4, -0.2) is 48.1 Å². The monoisotopic (exact) mass is 333 g/mol. The first-order valence-corrected chi connectivity index (χ1v) is 9.07. The van der Waals surface area contributed by atoms with E-state index in [2.05, 4.69) is 18.7 Å². The Morgan fingerprint density at radius 1 is 1.25 bits per heavy atom. The van der Waals surface area contributed by atoms with Gasteiger partial charge in [-0.2, -0.15) is 0 Å². The molecule has 1 saturated heterocycles. The molecule has 1 atom stereocenters. The number of carbonyl (C=O) groups is 1. The zero-order valence-corrected chi connectivity index (χ0v) is 15.5. The third kappa shape index (κ3) is 5.05. The molecule has 0 aromatic heterocycles. The fraction of sp³-hybridized carbons (Fsp3) is 0.650. The molecule has 2 rings (SSSR count). The lowest BCUT2D eigenvalue weighted by Crippen LogP contribution is -2.38. The Balaban J connectivity index is 2.02. The fourth-order valence-corrected chi connectivity index (χ4v) is 3.33. The van der Waals surface area contributed by atoms with Gasteiger partial charge in [0.15, 0.2) is 5.78 Å². The van der Waals surface area contributed by atoms with Crippen LogP contribution in [0.25, 0.3) is 0 Å². The molecule has 0 spiro atoms. The van der Waals surface area contributed by atoms with Crippen molar-refractivity contribution in [2.45, 2.75) is 59.0 Å². The summed E-state index contributed by atoms with van der Waals surface area (Å²) in [4.78, 5) is 14.1. The Morgan fingerprint density at radius 2 is 1.92 bits per heavy atom. The summed E-state index contributed by atoms with van der Waals surface area (Å²) in [6.07, 6.45) is 3.24. The Morgan fingerprint density at radius 3 is 2.50 bits per heavy atom. The molecule has 0 bridgehead atoms. The van der Waals surface area contributed by atoms with Gasteiger partial charge < -0.3 is 14.7 Å². The number of aliphatic hydroxyl groups excluding tert-OH is 1. The molecule has 0 saturated carbocycles. The molecule has 1 aliphatic heterocycles. The van der Waals surface area contributed by atoms with Crippen LogP contribution in [0.15, 0.2) is 12.1 Å². The van der Waals surface area contributed by atoms with Gasteiger partial charge in [0.2, 0.25) is 0 Å². The highest BCUT2D eigenvalue weighted by molar-refractivity contribution is 5.96. The predicted molar refractivity (Wildman–Crippen MR) is 97.1 cm³/mol. The molecule has 1 aliphatic rings. The Bertz CT molecular complexity index is 562. The van der Waals surface area contributed by atoms with Crippen molar-refractivity contribution >= 4 is 5.78 Å². The SMILES string of the molecule is CC(=O)c1cc(C(C)C)c(OCC(O)CN2CCCCC2)cc1C. The zero-order valence-electron chi connectivity index (χ0n) is 15.5. The van der Waals surface area contributed by atoms with E-state index in [-0.39, 0.29) is 18.3 Å². The summed E-state index contributed by atoms with van der Waals surface area (Å²) in [6.45, 7) is 10.8. The molecular formula is C20H31NO3. The average Bonchev–Trinajstić information content (AvgIpc) is 2.53. The predicted octanol–water partition coefficient (Wildman–Crippen LogP) is 3.55. The van der Waals surface area contributed by atoms with E-state index >= 15 is 0 Å². The minimum absolute atomic E-state index is 0.0751. The number of benzene rings is 1. The van der Waals surface area contributed by atoms with Crippen molar-refractivity contribution in [2.24, 2.45) is 0 Å². The molecule has 0 radical (unpaired) electrons. The van der Waals surface area contributed by atoms with Crippen molar-refractivity contribution < 1.29 is 14.6 Å². The third-order valence-electron chi connectivity index (χ3n) is 4.71. The van der Waals surface area contributed by atoms with Gasteiger partial charge in [-0.05, 0) is 69.0 Å². The first-order chi connectivity index (χ1) is 11.4. The van der Waals surface area contributed by atoms with Crippen molar-refractivity contribution in [3.63, 3.8) is 0 Å². The number of piperidine rings is 1. The van der Waals surface area contributed by atoms with Crippen LogP contribution in [0.1, 0.15) is 67.4 Å². The second-order valence-corrected chi connectivity index (χ2v) is 7.24. The fourth-order valence-electron chi connectivity index (χ4n) is 3.33. The highest BCUT2D eigenvalue weighted by Crippen LogP contribution is 2.30. The Hall–Kier alpha value is -1.39. The van der Waals surface area contributed by atoms with Crippen LogP contribution in [0.5, 0.6) is 5.75 Å². The van der Waals surface area contributed by atoms with Gasteiger partial charge in [0.05, 0.1) is 0 Å². The van der Waals surface area contributed by atoms with Crippen LogP contribution in [0.2, 0.25) is 0 Å². The molecule has 1 fully saturated rings. The second-order valence-electron chi connectivity index (χ2n) is 7.24. The van der Waals surface area contributed by atoms with Crippen LogP contribution >= 0.6 is 0 Å². The van der Waals surface area contributed by atoms with Crippen molar-refractivity contribution in [3.8, 4) is 5.75 Å². The van der Waals surface area contributed by atoms with E-state index in [4.69, 9.17) is 4.74 Å². The first kappa shape index (κ1) is 18.9. The maximum atomic E-state index is 11.8. The summed E-state index contributed by atoms with van der Waals surface area (Å²) >= 11 is 0. The molecule has 1 aromatic rings. The minimum atomic E-state index is -0.490. The number of aliphatic hydroxyl groups is 1. The number of Topliss-reactive ketones (excluding diaryl/α,β-unsaturated/α-hetero) is 1. The highest BCUT2D eigenvalue weighted by Gasteiger charge is 2.18. The molecule has 4 nitrogen and oxygen atoms in total. The molecule has 1 unspecified atom stereocenters. The minimum Gasteiger partial charge on any atom is -0.491 e. The number of carbonyl (C=O) groups excluding carboxylic acids is 1. The number of likely N-dealkylation sites (tertiary alicyclic amines) is 1. The standard InChI is InChI=1S/C20H31NO3/c1-14(2)18-11-19(16(4)22)15(3)10-20(18)24-13-17(23)12-21-8-6-5-7-9-21/h10-11,14,17,23H,5-9,12-13H2,1-4H3. The van der Waals surface area contributed by atoms with E-state index in [1.807, 2.05) is 19.1 Å². The number of β-amino-alcohol motifs (C(OH)–C–C–N with tert-alkyl or cyclic N) is 1. The van der Waals surface area contributed by atoms with Crippen molar-refractivity contribution in [1.29, 1.82) is 0 Å². The van der Waals surface area contributed by atoms with E-state index in [0.29, 0.717) is 6.54 Å². The summed E-state index contributed by atoms with van der Waals surface area (Å²) in [5.41, 5.74) is 2.70. The van der Waals surface area contributed by atoms with Gasteiger partial charge in [0.1, 0.15) is 18.5 Å². The summed E-state index contributed by atoms with van der Waals surface area (Å²) in [5, 5.41) is 10.3. The number of rotatable bonds is 7. The Labute approximate surface area is 145 Å². The second kappa shape index (κ2) is 8.63. The lowest BCUT2D eigenvalue weighted by Gasteiger charge is -2.28. The van der Waals surface area contributed by atoms with Gasteiger partial charge in [-0.25, -0.2) is 0 Å². The Kier molecular flexibility index (Phi) is 6.81. The normalized spacial score (nSPS) is 17.1. The molecule has 134 valence electrons. The molecule has 24 heavy (non-hydrogen) atoms. The highest BCUT2D eigenvalue weighted by atomic mass is 16.5. The molecule has 0 amide bonds. The van der Waals surface area contributed by atoms with Crippen LogP contribution in [0.4, 0.5) is 0 Å².